The highest BCUT2D eigenvalue weighted by molar-refractivity contribution is 5.95. The second-order valence-electron chi connectivity index (χ2n) is 6.30. The molecule has 0 spiro atoms. The minimum Gasteiger partial charge on any atom is -0.423 e. The summed E-state index contributed by atoms with van der Waals surface area (Å²) < 4.78 is 5.08. The summed E-state index contributed by atoms with van der Waals surface area (Å²) in [6, 6.07) is 8.28. The van der Waals surface area contributed by atoms with Crippen LogP contribution in [0.1, 0.15) is 32.6 Å². The maximum Gasteiger partial charge on any atom is 0.336 e. The largest absolute Gasteiger partial charge is 0.423 e. The number of nitrogens with one attached hydrogen (secondary N) is 1. The summed E-state index contributed by atoms with van der Waals surface area (Å²) in [7, 11) is 0. The van der Waals surface area contributed by atoms with Gasteiger partial charge in [0.05, 0.1) is 5.92 Å². The van der Waals surface area contributed by atoms with Crippen molar-refractivity contribution in [3.8, 4) is 0 Å². The third-order valence-corrected chi connectivity index (χ3v) is 4.46. The zero-order valence-electron chi connectivity index (χ0n) is 12.6. The van der Waals surface area contributed by atoms with Crippen LogP contribution in [-0.2, 0) is 4.79 Å². The van der Waals surface area contributed by atoms with Crippen LogP contribution in [-0.4, -0.2) is 11.4 Å². The first-order chi connectivity index (χ1) is 10.5. The predicted molar refractivity (Wildman–Crippen MR) is 85.7 cm³/mol. The number of benzene rings is 1. The van der Waals surface area contributed by atoms with Crippen molar-refractivity contribution in [1.29, 1.82) is 0 Å². The van der Waals surface area contributed by atoms with Gasteiger partial charge >= 0.3 is 5.63 Å². The van der Waals surface area contributed by atoms with Crippen LogP contribution in [0.4, 0.5) is 5.69 Å². The van der Waals surface area contributed by atoms with Gasteiger partial charge in [-0.2, -0.15) is 0 Å². The molecule has 1 aliphatic rings. The molecule has 5 heteroatoms. The Hall–Kier alpha value is -2.14. The van der Waals surface area contributed by atoms with Gasteiger partial charge in [-0.1, -0.05) is 12.8 Å². The summed E-state index contributed by atoms with van der Waals surface area (Å²) in [6.45, 7) is 1.95. The Labute approximate surface area is 128 Å². The van der Waals surface area contributed by atoms with Crippen molar-refractivity contribution >= 4 is 22.6 Å². The van der Waals surface area contributed by atoms with E-state index in [9.17, 15) is 9.59 Å². The lowest BCUT2D eigenvalue weighted by Crippen LogP contribution is -2.51. The molecule has 0 saturated heterocycles. The molecule has 5 nitrogen and oxygen atoms in total. The van der Waals surface area contributed by atoms with Crippen molar-refractivity contribution in [2.75, 3.05) is 5.32 Å². The van der Waals surface area contributed by atoms with E-state index in [1.54, 1.807) is 24.3 Å². The van der Waals surface area contributed by atoms with Crippen molar-refractivity contribution in [2.24, 2.45) is 11.7 Å². The lowest BCUT2D eigenvalue weighted by Gasteiger charge is -2.37. The Morgan fingerprint density at radius 2 is 2.14 bits per heavy atom. The molecule has 116 valence electrons. The molecule has 1 aromatic heterocycles. The Balaban J connectivity index is 1.81. The van der Waals surface area contributed by atoms with Gasteiger partial charge in [0.2, 0.25) is 5.91 Å². The maximum absolute atomic E-state index is 12.5. The van der Waals surface area contributed by atoms with E-state index < -0.39 is 5.54 Å². The average molecular weight is 300 g/mol. The van der Waals surface area contributed by atoms with E-state index in [1.807, 2.05) is 6.92 Å². The number of anilines is 1. The van der Waals surface area contributed by atoms with Gasteiger partial charge in [0.15, 0.2) is 0 Å². The molecule has 1 heterocycles. The Morgan fingerprint density at radius 1 is 1.32 bits per heavy atom. The highest BCUT2D eigenvalue weighted by Gasteiger charge is 2.37. The molecule has 1 aliphatic carbocycles. The van der Waals surface area contributed by atoms with E-state index in [-0.39, 0.29) is 17.5 Å². The molecular formula is C17H20N2O3. The summed E-state index contributed by atoms with van der Waals surface area (Å²) >= 11 is 0. The van der Waals surface area contributed by atoms with Crippen molar-refractivity contribution in [3.63, 3.8) is 0 Å². The fourth-order valence-corrected chi connectivity index (χ4v) is 3.17. The molecule has 0 bridgehead atoms. The molecule has 0 radical (unpaired) electrons. The standard InChI is InChI=1S/C17H20N2O3/c1-17(18)9-3-2-4-13(17)16(21)19-12-6-7-14-11(10-12)5-8-15(20)22-14/h5-8,10,13H,2-4,9,18H2,1H3,(H,19,21). The monoisotopic (exact) mass is 300 g/mol. The zero-order valence-corrected chi connectivity index (χ0v) is 12.6. The van der Waals surface area contributed by atoms with Crippen LogP contribution in [0.3, 0.4) is 0 Å². The number of carbonyl (C=O) groups is 1. The fourth-order valence-electron chi connectivity index (χ4n) is 3.17. The first-order valence-electron chi connectivity index (χ1n) is 7.59. The van der Waals surface area contributed by atoms with Crippen molar-refractivity contribution in [1.82, 2.24) is 0 Å². The third-order valence-electron chi connectivity index (χ3n) is 4.46. The van der Waals surface area contributed by atoms with Gasteiger partial charge in [0.1, 0.15) is 5.58 Å². The quantitative estimate of drug-likeness (QED) is 0.835. The number of amides is 1. The highest BCUT2D eigenvalue weighted by atomic mass is 16.4. The van der Waals surface area contributed by atoms with Gasteiger partial charge in [-0.15, -0.1) is 0 Å². The second-order valence-corrected chi connectivity index (χ2v) is 6.30. The van der Waals surface area contributed by atoms with Gasteiger partial charge in [-0.05, 0) is 44.0 Å². The first-order valence-corrected chi connectivity index (χ1v) is 7.59. The second kappa shape index (κ2) is 5.57. The van der Waals surface area contributed by atoms with Crippen LogP contribution in [0.25, 0.3) is 11.0 Å². The lowest BCUT2D eigenvalue weighted by atomic mass is 9.74. The van der Waals surface area contributed by atoms with Crippen LogP contribution >= 0.6 is 0 Å². The Morgan fingerprint density at radius 3 is 2.91 bits per heavy atom. The Kier molecular flexibility index (Phi) is 3.74. The number of hydrogen-bond acceptors (Lipinski definition) is 4. The van der Waals surface area contributed by atoms with Crippen molar-refractivity contribution in [3.05, 3.63) is 40.8 Å². The number of rotatable bonds is 2. The first kappa shape index (κ1) is 14.8. The van der Waals surface area contributed by atoms with E-state index in [0.29, 0.717) is 11.3 Å². The Bertz CT molecular complexity index is 764. The van der Waals surface area contributed by atoms with Gasteiger partial charge in [-0.25, -0.2) is 4.79 Å². The average Bonchev–Trinajstić information content (AvgIpc) is 2.47. The smallest absolute Gasteiger partial charge is 0.336 e. The minimum absolute atomic E-state index is 0.0403. The topological polar surface area (TPSA) is 85.3 Å². The molecule has 1 saturated carbocycles. The summed E-state index contributed by atoms with van der Waals surface area (Å²) in [5.41, 5.74) is 6.63. The van der Waals surface area contributed by atoms with Gasteiger partial charge in [0.25, 0.3) is 0 Å². The zero-order chi connectivity index (χ0) is 15.7. The lowest BCUT2D eigenvalue weighted by molar-refractivity contribution is -0.122. The molecule has 2 unspecified atom stereocenters. The van der Waals surface area contributed by atoms with E-state index in [0.717, 1.165) is 31.1 Å². The van der Waals surface area contributed by atoms with Crippen molar-refractivity contribution in [2.45, 2.75) is 38.1 Å². The molecule has 2 atom stereocenters. The molecule has 1 aromatic carbocycles. The van der Waals surface area contributed by atoms with E-state index in [1.165, 1.54) is 6.07 Å². The molecule has 2 aromatic rings. The van der Waals surface area contributed by atoms with Crippen LogP contribution in [0.5, 0.6) is 0 Å². The fraction of sp³-hybridized carbons (Fsp3) is 0.412. The summed E-state index contributed by atoms with van der Waals surface area (Å²) in [6.07, 6.45) is 3.80. The molecule has 22 heavy (non-hydrogen) atoms. The minimum atomic E-state index is -0.452. The summed E-state index contributed by atoms with van der Waals surface area (Å²) in [5, 5.41) is 3.71. The molecule has 1 amide bonds. The highest BCUT2D eigenvalue weighted by Crippen LogP contribution is 2.32. The maximum atomic E-state index is 12.5. The van der Waals surface area contributed by atoms with Gasteiger partial charge in [-0.3, -0.25) is 4.79 Å². The SMILES string of the molecule is CC1(N)CCCCC1C(=O)Nc1ccc2oc(=O)ccc2c1. The summed E-state index contributed by atoms with van der Waals surface area (Å²) in [5.74, 6) is -0.216. The number of hydrogen-bond donors (Lipinski definition) is 2. The van der Waals surface area contributed by atoms with Gasteiger partial charge < -0.3 is 15.5 Å². The normalized spacial score (nSPS) is 25.1. The van der Waals surface area contributed by atoms with Crippen LogP contribution in [0.2, 0.25) is 0 Å². The molecule has 3 rings (SSSR count). The van der Waals surface area contributed by atoms with Crippen LogP contribution in [0, 0.1) is 5.92 Å². The van der Waals surface area contributed by atoms with E-state index >= 15 is 0 Å². The van der Waals surface area contributed by atoms with Gasteiger partial charge in [0, 0.05) is 22.7 Å². The number of fused-ring (bicyclic) bond motifs is 1. The molecule has 1 fully saturated rings. The number of nitrogens with two attached hydrogens (primary N) is 1. The molecule has 0 aliphatic heterocycles. The number of carbonyl (C=O) groups excluding carboxylic acids is 1. The van der Waals surface area contributed by atoms with E-state index in [2.05, 4.69) is 5.32 Å². The predicted octanol–water partition coefficient (Wildman–Crippen LogP) is 2.64. The molecule has 3 N–H and O–H groups in total. The van der Waals surface area contributed by atoms with E-state index in [4.69, 9.17) is 10.2 Å². The van der Waals surface area contributed by atoms with Crippen molar-refractivity contribution < 1.29 is 9.21 Å². The third kappa shape index (κ3) is 2.90. The molecular weight excluding hydrogens is 280 g/mol. The summed E-state index contributed by atoms with van der Waals surface area (Å²) in [4.78, 5) is 23.7. The van der Waals surface area contributed by atoms with Crippen LogP contribution < -0.4 is 16.7 Å². The van der Waals surface area contributed by atoms with Crippen LogP contribution in [0.15, 0.2) is 39.5 Å².